The maximum Gasteiger partial charge on any atom is 0.0297 e. The Kier molecular flexibility index (Phi) is 5.01. The van der Waals surface area contributed by atoms with Crippen LogP contribution in [0.3, 0.4) is 0 Å². The first-order chi connectivity index (χ1) is 7.54. The summed E-state index contributed by atoms with van der Waals surface area (Å²) in [5.74, 6) is 0.724. The van der Waals surface area contributed by atoms with Crippen LogP contribution in [0.4, 0.5) is 0 Å². The van der Waals surface area contributed by atoms with Gasteiger partial charge in [-0.3, -0.25) is 0 Å². The third kappa shape index (κ3) is 3.64. The number of aryl methyl sites for hydroxylation is 2. The molecule has 1 nitrogen and oxygen atoms in total. The molecule has 2 N–H and O–H groups in total. The summed E-state index contributed by atoms with van der Waals surface area (Å²) >= 11 is 0. The number of hydrogen-bond donors (Lipinski definition) is 1. The van der Waals surface area contributed by atoms with Crippen molar-refractivity contribution in [3.05, 3.63) is 34.9 Å². The van der Waals surface area contributed by atoms with Crippen LogP contribution in [0.1, 0.15) is 55.8 Å². The highest BCUT2D eigenvalue weighted by Gasteiger charge is 2.11. The van der Waals surface area contributed by atoms with Crippen molar-refractivity contribution in [3.8, 4) is 0 Å². The third-order valence-electron chi connectivity index (χ3n) is 3.40. The van der Waals surface area contributed by atoms with E-state index in [4.69, 9.17) is 5.73 Å². The number of nitrogens with two attached hydrogens (primary N) is 1. The van der Waals surface area contributed by atoms with Crippen LogP contribution in [0, 0.1) is 19.8 Å². The standard InChI is InChI=1S/C15H25N/c1-5-6-11(2)9-15(16)14-8-7-12(3)13(4)10-14/h7-8,10-11,15H,5-6,9,16H2,1-4H3. The highest BCUT2D eigenvalue weighted by atomic mass is 14.6. The normalized spacial score (nSPS) is 14.8. The minimum Gasteiger partial charge on any atom is -0.324 e. The molecule has 1 aromatic carbocycles. The van der Waals surface area contributed by atoms with E-state index in [-0.39, 0.29) is 6.04 Å². The molecule has 0 bridgehead atoms. The van der Waals surface area contributed by atoms with E-state index in [9.17, 15) is 0 Å². The zero-order chi connectivity index (χ0) is 12.1. The predicted octanol–water partition coefficient (Wildman–Crippen LogP) is 4.13. The highest BCUT2D eigenvalue weighted by molar-refractivity contribution is 5.31. The molecule has 1 heteroatoms. The average molecular weight is 219 g/mol. The molecule has 0 aromatic heterocycles. The van der Waals surface area contributed by atoms with Gasteiger partial charge in [0.25, 0.3) is 0 Å². The zero-order valence-electron chi connectivity index (χ0n) is 11.1. The molecule has 16 heavy (non-hydrogen) atoms. The lowest BCUT2D eigenvalue weighted by atomic mass is 9.92. The quantitative estimate of drug-likeness (QED) is 0.791. The lowest BCUT2D eigenvalue weighted by molar-refractivity contribution is 0.440. The van der Waals surface area contributed by atoms with Crippen molar-refractivity contribution in [2.75, 3.05) is 0 Å². The Labute approximate surface area is 100 Å². The van der Waals surface area contributed by atoms with Gasteiger partial charge in [-0.05, 0) is 42.9 Å². The third-order valence-corrected chi connectivity index (χ3v) is 3.40. The van der Waals surface area contributed by atoms with E-state index in [1.54, 1.807) is 0 Å². The zero-order valence-corrected chi connectivity index (χ0v) is 11.1. The van der Waals surface area contributed by atoms with Crippen LogP contribution in [-0.4, -0.2) is 0 Å². The fourth-order valence-electron chi connectivity index (χ4n) is 2.18. The summed E-state index contributed by atoms with van der Waals surface area (Å²) in [5, 5.41) is 0. The molecule has 90 valence electrons. The van der Waals surface area contributed by atoms with E-state index < -0.39 is 0 Å². The van der Waals surface area contributed by atoms with Gasteiger partial charge in [-0.2, -0.15) is 0 Å². The van der Waals surface area contributed by atoms with Crippen LogP contribution in [0.5, 0.6) is 0 Å². The minimum absolute atomic E-state index is 0.195. The summed E-state index contributed by atoms with van der Waals surface area (Å²) in [4.78, 5) is 0. The van der Waals surface area contributed by atoms with Crippen LogP contribution < -0.4 is 5.73 Å². The molecule has 1 rings (SSSR count). The minimum atomic E-state index is 0.195. The Bertz CT molecular complexity index is 330. The van der Waals surface area contributed by atoms with Crippen molar-refractivity contribution in [1.82, 2.24) is 0 Å². The van der Waals surface area contributed by atoms with E-state index in [1.165, 1.54) is 29.5 Å². The van der Waals surface area contributed by atoms with Crippen molar-refractivity contribution >= 4 is 0 Å². The summed E-state index contributed by atoms with van der Waals surface area (Å²) in [7, 11) is 0. The van der Waals surface area contributed by atoms with Crippen molar-refractivity contribution in [1.29, 1.82) is 0 Å². The van der Waals surface area contributed by atoms with E-state index in [2.05, 4.69) is 45.9 Å². The van der Waals surface area contributed by atoms with Gasteiger partial charge in [-0.1, -0.05) is 44.9 Å². The molecule has 0 aliphatic carbocycles. The van der Waals surface area contributed by atoms with Crippen molar-refractivity contribution in [2.24, 2.45) is 11.7 Å². The molecule has 0 heterocycles. The van der Waals surface area contributed by atoms with Gasteiger partial charge >= 0.3 is 0 Å². The van der Waals surface area contributed by atoms with E-state index in [0.717, 1.165) is 12.3 Å². The number of rotatable bonds is 5. The molecule has 0 spiro atoms. The van der Waals surface area contributed by atoms with Crippen LogP contribution in [-0.2, 0) is 0 Å². The fourth-order valence-corrected chi connectivity index (χ4v) is 2.18. The topological polar surface area (TPSA) is 26.0 Å². The fraction of sp³-hybridized carbons (Fsp3) is 0.600. The molecular weight excluding hydrogens is 194 g/mol. The molecular formula is C15H25N. The van der Waals surface area contributed by atoms with Crippen LogP contribution >= 0.6 is 0 Å². The predicted molar refractivity (Wildman–Crippen MR) is 71.5 cm³/mol. The Balaban J connectivity index is 2.65. The van der Waals surface area contributed by atoms with Crippen molar-refractivity contribution < 1.29 is 0 Å². The Morgan fingerprint density at radius 2 is 1.88 bits per heavy atom. The van der Waals surface area contributed by atoms with Crippen LogP contribution in [0.25, 0.3) is 0 Å². The Morgan fingerprint density at radius 3 is 2.44 bits per heavy atom. The molecule has 0 saturated heterocycles. The van der Waals surface area contributed by atoms with Gasteiger partial charge in [-0.25, -0.2) is 0 Å². The second kappa shape index (κ2) is 6.05. The van der Waals surface area contributed by atoms with E-state index in [1.807, 2.05) is 0 Å². The lowest BCUT2D eigenvalue weighted by Crippen LogP contribution is -2.14. The molecule has 0 aliphatic rings. The van der Waals surface area contributed by atoms with Gasteiger partial charge in [0.05, 0.1) is 0 Å². The van der Waals surface area contributed by atoms with Gasteiger partial charge in [0, 0.05) is 6.04 Å². The summed E-state index contributed by atoms with van der Waals surface area (Å²) in [6.45, 7) is 8.83. The SMILES string of the molecule is CCCC(C)CC(N)c1ccc(C)c(C)c1. The first kappa shape index (κ1) is 13.2. The molecule has 0 saturated carbocycles. The summed E-state index contributed by atoms with van der Waals surface area (Å²) in [5.41, 5.74) is 10.2. The molecule has 0 amide bonds. The van der Waals surface area contributed by atoms with Gasteiger partial charge in [0.1, 0.15) is 0 Å². The molecule has 2 atom stereocenters. The summed E-state index contributed by atoms with van der Waals surface area (Å²) in [6.07, 6.45) is 3.62. The van der Waals surface area contributed by atoms with Crippen LogP contribution in [0.15, 0.2) is 18.2 Å². The maximum absolute atomic E-state index is 6.25. The molecule has 0 fully saturated rings. The van der Waals surface area contributed by atoms with Crippen molar-refractivity contribution in [2.45, 2.75) is 53.0 Å². The Hall–Kier alpha value is -0.820. The highest BCUT2D eigenvalue weighted by Crippen LogP contribution is 2.23. The maximum atomic E-state index is 6.25. The lowest BCUT2D eigenvalue weighted by Gasteiger charge is -2.18. The monoisotopic (exact) mass is 219 g/mol. The van der Waals surface area contributed by atoms with E-state index in [0.29, 0.717) is 0 Å². The van der Waals surface area contributed by atoms with Crippen molar-refractivity contribution in [3.63, 3.8) is 0 Å². The summed E-state index contributed by atoms with van der Waals surface area (Å²) in [6, 6.07) is 6.78. The van der Waals surface area contributed by atoms with E-state index >= 15 is 0 Å². The Morgan fingerprint density at radius 1 is 1.19 bits per heavy atom. The van der Waals surface area contributed by atoms with Gasteiger partial charge in [-0.15, -0.1) is 0 Å². The number of hydrogen-bond acceptors (Lipinski definition) is 1. The second-order valence-corrected chi connectivity index (χ2v) is 5.08. The van der Waals surface area contributed by atoms with Crippen LogP contribution in [0.2, 0.25) is 0 Å². The smallest absolute Gasteiger partial charge is 0.0297 e. The summed E-state index contributed by atoms with van der Waals surface area (Å²) < 4.78 is 0. The molecule has 1 aromatic rings. The molecule has 0 aliphatic heterocycles. The molecule has 2 unspecified atom stereocenters. The molecule has 0 radical (unpaired) electrons. The largest absolute Gasteiger partial charge is 0.324 e. The van der Waals surface area contributed by atoms with Gasteiger partial charge < -0.3 is 5.73 Å². The number of benzene rings is 1. The van der Waals surface area contributed by atoms with Gasteiger partial charge in [0.15, 0.2) is 0 Å². The second-order valence-electron chi connectivity index (χ2n) is 5.08. The first-order valence-electron chi connectivity index (χ1n) is 6.37. The average Bonchev–Trinajstić information content (AvgIpc) is 2.22. The first-order valence-corrected chi connectivity index (χ1v) is 6.37. The van der Waals surface area contributed by atoms with Gasteiger partial charge in [0.2, 0.25) is 0 Å².